The molecule has 4 aromatic rings. The number of carbonyl (C=O) groups is 1. The molecule has 0 aromatic heterocycles. The Morgan fingerprint density at radius 3 is 1.89 bits per heavy atom. The second kappa shape index (κ2) is 12.3. The lowest BCUT2D eigenvalue weighted by atomic mass is 9.96. The van der Waals surface area contributed by atoms with Gasteiger partial charge in [0.25, 0.3) is 0 Å². The molecule has 0 aliphatic carbocycles. The minimum Gasteiger partial charge on any atom is -0.324 e. The van der Waals surface area contributed by atoms with Gasteiger partial charge in [-0.25, -0.2) is 8.78 Å². The number of piperazine rings is 1. The molecule has 0 atom stereocenters. The highest BCUT2D eigenvalue weighted by molar-refractivity contribution is 7.99. The summed E-state index contributed by atoms with van der Waals surface area (Å²) in [6.07, 6.45) is 0. The fourth-order valence-corrected chi connectivity index (χ4v) is 5.67. The lowest BCUT2D eigenvalue weighted by Crippen LogP contribution is -2.49. The van der Waals surface area contributed by atoms with E-state index in [4.69, 9.17) is 0 Å². The predicted octanol–water partition coefficient (Wildman–Crippen LogP) is 6.46. The van der Waals surface area contributed by atoms with Crippen LogP contribution >= 0.6 is 11.8 Å². The summed E-state index contributed by atoms with van der Waals surface area (Å²) in [4.78, 5) is 19.5. The van der Waals surface area contributed by atoms with Crippen LogP contribution in [0.1, 0.15) is 17.2 Å². The minimum absolute atomic E-state index is 0.0480. The maximum absolute atomic E-state index is 13.6. The largest absolute Gasteiger partial charge is 0.324 e. The smallest absolute Gasteiger partial charge is 0.238 e. The third-order valence-corrected chi connectivity index (χ3v) is 7.73. The fourth-order valence-electron chi connectivity index (χ4n) is 4.75. The van der Waals surface area contributed by atoms with E-state index in [1.165, 1.54) is 24.3 Å². The Hall–Kier alpha value is -3.52. The molecule has 38 heavy (non-hydrogen) atoms. The topological polar surface area (TPSA) is 35.6 Å². The molecular weight excluding hydrogens is 500 g/mol. The van der Waals surface area contributed by atoms with E-state index in [0.717, 1.165) is 39.7 Å². The molecule has 1 fully saturated rings. The zero-order chi connectivity index (χ0) is 26.3. The lowest BCUT2D eigenvalue weighted by Gasteiger charge is -2.39. The quantitative estimate of drug-likeness (QED) is 0.284. The standard InChI is InChI=1S/C31H29F2N3OS/c32-25-14-10-23(11-15-25)31(24-12-16-26(33)17-13-24)36-20-18-35(19-21-36)22-30(37)34-28-8-4-5-9-29(28)38-27-6-2-1-3-7-27/h1-17,31H,18-22H2,(H,34,37). The summed E-state index contributed by atoms with van der Waals surface area (Å²) in [6.45, 7) is 3.19. The van der Waals surface area contributed by atoms with Crippen molar-refractivity contribution in [2.24, 2.45) is 0 Å². The Bertz CT molecular complexity index is 1300. The summed E-state index contributed by atoms with van der Waals surface area (Å²) in [5.41, 5.74) is 2.71. The number of halogens is 2. The molecule has 0 radical (unpaired) electrons. The van der Waals surface area contributed by atoms with Gasteiger partial charge >= 0.3 is 0 Å². The van der Waals surface area contributed by atoms with E-state index < -0.39 is 0 Å². The highest BCUT2D eigenvalue weighted by Crippen LogP contribution is 2.33. The van der Waals surface area contributed by atoms with Crippen molar-refractivity contribution in [3.05, 3.63) is 126 Å². The second-order valence-electron chi connectivity index (χ2n) is 9.28. The van der Waals surface area contributed by atoms with Crippen molar-refractivity contribution in [2.45, 2.75) is 15.8 Å². The van der Waals surface area contributed by atoms with Gasteiger partial charge in [-0.1, -0.05) is 66.4 Å². The van der Waals surface area contributed by atoms with E-state index >= 15 is 0 Å². The van der Waals surface area contributed by atoms with E-state index in [-0.39, 0.29) is 23.6 Å². The molecule has 1 aliphatic heterocycles. The molecule has 0 spiro atoms. The van der Waals surface area contributed by atoms with E-state index in [1.54, 1.807) is 36.0 Å². The van der Waals surface area contributed by atoms with Crippen molar-refractivity contribution in [2.75, 3.05) is 38.0 Å². The van der Waals surface area contributed by atoms with Crippen LogP contribution in [-0.4, -0.2) is 48.4 Å². The van der Waals surface area contributed by atoms with Crippen LogP contribution in [0.15, 0.2) is 113 Å². The molecule has 194 valence electrons. The van der Waals surface area contributed by atoms with E-state index in [1.807, 2.05) is 54.6 Å². The summed E-state index contributed by atoms with van der Waals surface area (Å²) in [5.74, 6) is -0.620. The van der Waals surface area contributed by atoms with Gasteiger partial charge in [-0.15, -0.1) is 0 Å². The van der Waals surface area contributed by atoms with Gasteiger partial charge in [0.15, 0.2) is 0 Å². The summed E-state index contributed by atoms with van der Waals surface area (Å²) in [7, 11) is 0. The van der Waals surface area contributed by atoms with Crippen molar-refractivity contribution in [1.82, 2.24) is 9.80 Å². The fraction of sp³-hybridized carbons (Fsp3) is 0.194. The Morgan fingerprint density at radius 2 is 1.29 bits per heavy atom. The number of para-hydroxylation sites is 1. The monoisotopic (exact) mass is 529 g/mol. The van der Waals surface area contributed by atoms with Crippen LogP contribution in [0.25, 0.3) is 0 Å². The van der Waals surface area contributed by atoms with Gasteiger partial charge in [0.05, 0.1) is 18.3 Å². The van der Waals surface area contributed by atoms with Crippen LogP contribution in [0.4, 0.5) is 14.5 Å². The van der Waals surface area contributed by atoms with E-state index in [0.29, 0.717) is 19.6 Å². The number of carbonyl (C=O) groups excluding carboxylic acids is 1. The van der Waals surface area contributed by atoms with Gasteiger partial charge < -0.3 is 5.32 Å². The molecule has 0 unspecified atom stereocenters. The summed E-state index contributed by atoms with van der Waals surface area (Å²) in [5, 5.41) is 3.09. The molecule has 4 nitrogen and oxygen atoms in total. The third-order valence-electron chi connectivity index (χ3n) is 6.64. The highest BCUT2D eigenvalue weighted by Gasteiger charge is 2.27. The maximum Gasteiger partial charge on any atom is 0.238 e. The number of anilines is 1. The Kier molecular flexibility index (Phi) is 8.48. The Labute approximate surface area is 226 Å². The summed E-state index contributed by atoms with van der Waals surface area (Å²) < 4.78 is 27.2. The normalized spacial score (nSPS) is 14.5. The molecule has 1 saturated heterocycles. The minimum atomic E-state index is -0.286. The van der Waals surface area contributed by atoms with Crippen molar-refractivity contribution >= 4 is 23.4 Å². The van der Waals surface area contributed by atoms with Crippen LogP contribution in [-0.2, 0) is 4.79 Å². The van der Waals surface area contributed by atoms with Crippen LogP contribution in [0.2, 0.25) is 0 Å². The van der Waals surface area contributed by atoms with Crippen LogP contribution in [0.5, 0.6) is 0 Å². The summed E-state index contributed by atoms with van der Waals surface area (Å²) in [6, 6.07) is 30.8. The molecule has 5 rings (SSSR count). The van der Waals surface area contributed by atoms with Gasteiger partial charge in [0.2, 0.25) is 5.91 Å². The number of amides is 1. The number of nitrogens with zero attached hydrogens (tertiary/aromatic N) is 2. The first-order valence-electron chi connectivity index (χ1n) is 12.6. The SMILES string of the molecule is O=C(CN1CCN(C(c2ccc(F)cc2)c2ccc(F)cc2)CC1)Nc1ccccc1Sc1ccccc1. The summed E-state index contributed by atoms with van der Waals surface area (Å²) >= 11 is 1.62. The maximum atomic E-state index is 13.6. The first-order valence-corrected chi connectivity index (χ1v) is 13.5. The zero-order valence-electron chi connectivity index (χ0n) is 20.9. The number of rotatable bonds is 8. The van der Waals surface area contributed by atoms with Crippen molar-refractivity contribution in [1.29, 1.82) is 0 Å². The van der Waals surface area contributed by atoms with Crippen molar-refractivity contribution < 1.29 is 13.6 Å². The van der Waals surface area contributed by atoms with Crippen LogP contribution in [0.3, 0.4) is 0 Å². The third kappa shape index (κ3) is 6.67. The van der Waals surface area contributed by atoms with E-state index in [2.05, 4.69) is 15.1 Å². The average molecular weight is 530 g/mol. The first-order chi connectivity index (χ1) is 18.5. The number of hydrogen-bond donors (Lipinski definition) is 1. The molecule has 1 heterocycles. The molecule has 0 saturated carbocycles. The van der Waals surface area contributed by atoms with Crippen molar-refractivity contribution in [3.8, 4) is 0 Å². The van der Waals surface area contributed by atoms with Gasteiger partial charge in [-0.2, -0.15) is 0 Å². The van der Waals surface area contributed by atoms with Crippen molar-refractivity contribution in [3.63, 3.8) is 0 Å². The zero-order valence-corrected chi connectivity index (χ0v) is 21.7. The average Bonchev–Trinajstić information content (AvgIpc) is 2.93. The van der Waals surface area contributed by atoms with Gasteiger partial charge in [-0.3, -0.25) is 14.6 Å². The van der Waals surface area contributed by atoms with Gasteiger partial charge in [0, 0.05) is 36.0 Å². The molecule has 7 heteroatoms. The Balaban J connectivity index is 1.21. The molecule has 0 bridgehead atoms. The van der Waals surface area contributed by atoms with E-state index in [9.17, 15) is 13.6 Å². The predicted molar refractivity (Wildman–Crippen MR) is 148 cm³/mol. The Morgan fingerprint density at radius 1 is 0.737 bits per heavy atom. The molecular formula is C31H29F2N3OS. The number of hydrogen-bond acceptors (Lipinski definition) is 4. The molecule has 1 aliphatic rings. The number of benzene rings is 4. The molecule has 1 amide bonds. The molecule has 1 N–H and O–H groups in total. The van der Waals surface area contributed by atoms with Crippen LogP contribution in [0, 0.1) is 11.6 Å². The van der Waals surface area contributed by atoms with Crippen LogP contribution < -0.4 is 5.32 Å². The van der Waals surface area contributed by atoms with Gasteiger partial charge in [-0.05, 0) is 59.7 Å². The second-order valence-corrected chi connectivity index (χ2v) is 10.4. The van der Waals surface area contributed by atoms with Gasteiger partial charge in [0.1, 0.15) is 11.6 Å². The molecule has 4 aromatic carbocycles. The number of nitrogens with one attached hydrogen (secondary N) is 1. The first kappa shape index (κ1) is 26.1. The lowest BCUT2D eigenvalue weighted by molar-refractivity contribution is -0.117. The highest BCUT2D eigenvalue weighted by atomic mass is 32.2.